The number of halogens is 1. The summed E-state index contributed by atoms with van der Waals surface area (Å²) in [7, 11) is 0. The highest BCUT2D eigenvalue weighted by atomic mass is 127. The number of nitrogens with two attached hydrogens (primary N) is 1. The maximum absolute atomic E-state index is 6.19. The van der Waals surface area contributed by atoms with Crippen LogP contribution < -0.4 is 10.6 Å². The molecule has 2 N–H and O–H groups in total. The van der Waals surface area contributed by atoms with E-state index in [0.29, 0.717) is 5.96 Å². The molecule has 4 rings (SSSR count). The van der Waals surface area contributed by atoms with Gasteiger partial charge in [0.1, 0.15) is 0 Å². The van der Waals surface area contributed by atoms with Crippen molar-refractivity contribution in [2.75, 3.05) is 37.6 Å². The van der Waals surface area contributed by atoms with Crippen LogP contribution in [0.5, 0.6) is 0 Å². The van der Waals surface area contributed by atoms with Crippen LogP contribution in [0.1, 0.15) is 6.42 Å². The van der Waals surface area contributed by atoms with E-state index in [9.17, 15) is 0 Å². The number of aryl methyl sites for hydroxylation is 1. The molecule has 1 saturated heterocycles. The Kier molecular flexibility index (Phi) is 6.89. The third-order valence-corrected chi connectivity index (χ3v) is 5.48. The zero-order valence-corrected chi connectivity index (χ0v) is 18.2. The number of para-hydroxylation sites is 2. The molecule has 0 spiro atoms. The molecule has 2 aromatic heterocycles. The number of fused-ring (bicyclic) bond motifs is 1. The standard InChI is InChI=1S/C18H23N7S.HI/c19-17(23-9-11-24(12-10-23)18-21-7-13-26-18)20-6-3-8-25-14-22-15-4-1-2-5-16(15)25;/h1-2,4-5,7,13-14H,3,6,8-12H2,(H2,19,20);1H. The largest absolute Gasteiger partial charge is 0.370 e. The summed E-state index contributed by atoms with van der Waals surface area (Å²) in [5, 5.41) is 3.11. The first-order chi connectivity index (χ1) is 12.8. The topological polar surface area (TPSA) is 75.6 Å². The fourth-order valence-corrected chi connectivity index (χ4v) is 3.92. The maximum Gasteiger partial charge on any atom is 0.191 e. The Balaban J connectivity index is 0.00000210. The van der Waals surface area contributed by atoms with Crippen molar-refractivity contribution in [1.29, 1.82) is 0 Å². The zero-order chi connectivity index (χ0) is 17.8. The number of piperazine rings is 1. The van der Waals surface area contributed by atoms with Crippen molar-refractivity contribution in [3.63, 3.8) is 0 Å². The fourth-order valence-electron chi connectivity index (χ4n) is 3.22. The van der Waals surface area contributed by atoms with Gasteiger partial charge in [-0.3, -0.25) is 4.99 Å². The van der Waals surface area contributed by atoms with Crippen molar-refractivity contribution < 1.29 is 0 Å². The molecule has 1 fully saturated rings. The Morgan fingerprint density at radius 2 is 1.96 bits per heavy atom. The quantitative estimate of drug-likeness (QED) is 0.254. The van der Waals surface area contributed by atoms with Crippen molar-refractivity contribution in [2.24, 2.45) is 10.7 Å². The molecule has 7 nitrogen and oxygen atoms in total. The van der Waals surface area contributed by atoms with Gasteiger partial charge < -0.3 is 20.1 Å². The van der Waals surface area contributed by atoms with Crippen LogP contribution in [-0.2, 0) is 6.54 Å². The summed E-state index contributed by atoms with van der Waals surface area (Å²) >= 11 is 1.68. The van der Waals surface area contributed by atoms with E-state index < -0.39 is 0 Å². The Hall–Kier alpha value is -1.88. The van der Waals surface area contributed by atoms with Gasteiger partial charge in [0, 0.05) is 50.8 Å². The molecule has 1 aliphatic rings. The van der Waals surface area contributed by atoms with Gasteiger partial charge in [-0.25, -0.2) is 9.97 Å². The van der Waals surface area contributed by atoms with Gasteiger partial charge in [-0.15, -0.1) is 35.3 Å². The molecule has 27 heavy (non-hydrogen) atoms. The molecule has 1 aromatic carbocycles. The smallest absolute Gasteiger partial charge is 0.191 e. The number of aliphatic imine (C=N–C) groups is 1. The summed E-state index contributed by atoms with van der Waals surface area (Å²) in [6.07, 6.45) is 4.70. The summed E-state index contributed by atoms with van der Waals surface area (Å²) in [5.41, 5.74) is 8.39. The molecule has 0 atom stereocenters. The van der Waals surface area contributed by atoms with E-state index in [1.54, 1.807) is 11.3 Å². The fraction of sp³-hybridized carbons (Fsp3) is 0.389. The average Bonchev–Trinajstić information content (AvgIpc) is 3.35. The molecule has 0 unspecified atom stereocenters. The summed E-state index contributed by atoms with van der Waals surface area (Å²) < 4.78 is 2.17. The Bertz CT molecular complexity index is 869. The second kappa shape index (κ2) is 9.36. The number of thiazole rings is 1. The molecule has 144 valence electrons. The van der Waals surface area contributed by atoms with Crippen LogP contribution in [0, 0.1) is 0 Å². The highest BCUT2D eigenvalue weighted by Crippen LogP contribution is 2.18. The number of hydrogen-bond acceptors (Lipinski definition) is 5. The minimum atomic E-state index is 0. The first kappa shape index (κ1) is 19.9. The molecule has 3 aromatic rings. The summed E-state index contributed by atoms with van der Waals surface area (Å²) in [6.45, 7) is 5.28. The third kappa shape index (κ3) is 4.70. The molecule has 1 aliphatic heterocycles. The molecule has 0 bridgehead atoms. The van der Waals surface area contributed by atoms with Crippen LogP contribution in [0.2, 0.25) is 0 Å². The maximum atomic E-state index is 6.19. The van der Waals surface area contributed by atoms with Gasteiger partial charge in [-0.05, 0) is 18.6 Å². The lowest BCUT2D eigenvalue weighted by molar-refractivity contribution is 0.380. The van der Waals surface area contributed by atoms with Crippen LogP contribution >= 0.6 is 35.3 Å². The molecular weight excluding hydrogens is 473 g/mol. The van der Waals surface area contributed by atoms with Crippen LogP contribution in [0.25, 0.3) is 11.0 Å². The second-order valence-electron chi connectivity index (χ2n) is 6.31. The van der Waals surface area contributed by atoms with Crippen LogP contribution in [0.3, 0.4) is 0 Å². The van der Waals surface area contributed by atoms with Crippen LogP contribution in [0.4, 0.5) is 5.13 Å². The van der Waals surface area contributed by atoms with Gasteiger partial charge in [0.05, 0.1) is 17.4 Å². The minimum Gasteiger partial charge on any atom is -0.370 e. The van der Waals surface area contributed by atoms with Gasteiger partial charge >= 0.3 is 0 Å². The second-order valence-corrected chi connectivity index (χ2v) is 7.18. The highest BCUT2D eigenvalue weighted by molar-refractivity contribution is 14.0. The number of aromatic nitrogens is 3. The van der Waals surface area contributed by atoms with Gasteiger partial charge in [0.15, 0.2) is 11.1 Å². The predicted molar refractivity (Wildman–Crippen MR) is 122 cm³/mol. The van der Waals surface area contributed by atoms with E-state index >= 15 is 0 Å². The van der Waals surface area contributed by atoms with E-state index in [0.717, 1.165) is 56.3 Å². The number of guanidine groups is 1. The van der Waals surface area contributed by atoms with Crippen LogP contribution in [-0.4, -0.2) is 58.1 Å². The van der Waals surface area contributed by atoms with E-state index in [1.165, 1.54) is 5.52 Å². The van der Waals surface area contributed by atoms with Gasteiger partial charge in [0.25, 0.3) is 0 Å². The minimum absolute atomic E-state index is 0. The first-order valence-electron chi connectivity index (χ1n) is 8.90. The summed E-state index contributed by atoms with van der Waals surface area (Å²) in [5.74, 6) is 0.652. The van der Waals surface area contributed by atoms with Crippen molar-refractivity contribution in [3.05, 3.63) is 42.2 Å². The Labute approximate surface area is 179 Å². The van der Waals surface area contributed by atoms with E-state index in [4.69, 9.17) is 5.73 Å². The molecule has 3 heterocycles. The van der Waals surface area contributed by atoms with E-state index in [-0.39, 0.29) is 24.0 Å². The van der Waals surface area contributed by atoms with Crippen LogP contribution in [0.15, 0.2) is 47.2 Å². The molecule has 0 aliphatic carbocycles. The lowest BCUT2D eigenvalue weighted by Crippen LogP contribution is -2.51. The SMILES string of the molecule is I.NC(=NCCCn1cnc2ccccc21)N1CCN(c2nccs2)CC1. The Morgan fingerprint density at radius 1 is 1.15 bits per heavy atom. The number of nitrogens with zero attached hydrogens (tertiary/aromatic N) is 6. The highest BCUT2D eigenvalue weighted by Gasteiger charge is 2.19. The van der Waals surface area contributed by atoms with Gasteiger partial charge in [-0.1, -0.05) is 12.1 Å². The Morgan fingerprint density at radius 3 is 2.74 bits per heavy atom. The molecule has 0 amide bonds. The number of anilines is 1. The lowest BCUT2D eigenvalue weighted by Gasteiger charge is -2.35. The zero-order valence-electron chi connectivity index (χ0n) is 15.1. The first-order valence-corrected chi connectivity index (χ1v) is 9.78. The number of rotatable bonds is 5. The number of hydrogen-bond donors (Lipinski definition) is 1. The number of imidazole rings is 1. The molecule has 9 heteroatoms. The average molecular weight is 497 g/mol. The van der Waals surface area contributed by atoms with Crippen molar-refractivity contribution >= 4 is 57.4 Å². The lowest BCUT2D eigenvalue weighted by atomic mass is 10.3. The third-order valence-electron chi connectivity index (χ3n) is 4.65. The number of benzene rings is 1. The molecular formula is C18H24IN7S. The normalized spacial score (nSPS) is 15.2. The summed E-state index contributed by atoms with van der Waals surface area (Å²) in [4.78, 5) is 17.8. The summed E-state index contributed by atoms with van der Waals surface area (Å²) in [6, 6.07) is 8.19. The van der Waals surface area contributed by atoms with Gasteiger partial charge in [-0.2, -0.15) is 0 Å². The monoisotopic (exact) mass is 497 g/mol. The molecule has 0 radical (unpaired) electrons. The van der Waals surface area contributed by atoms with E-state index in [1.807, 2.05) is 36.1 Å². The molecule has 0 saturated carbocycles. The van der Waals surface area contributed by atoms with Crippen molar-refractivity contribution in [1.82, 2.24) is 19.4 Å². The van der Waals surface area contributed by atoms with Crippen molar-refractivity contribution in [2.45, 2.75) is 13.0 Å². The van der Waals surface area contributed by atoms with Gasteiger partial charge in [0.2, 0.25) is 0 Å². The van der Waals surface area contributed by atoms with Crippen molar-refractivity contribution in [3.8, 4) is 0 Å². The predicted octanol–water partition coefficient (Wildman–Crippen LogP) is 2.64. The van der Waals surface area contributed by atoms with E-state index in [2.05, 4.69) is 35.4 Å².